The molecule has 0 aliphatic carbocycles. The largest absolute Gasteiger partial charge is 0.497 e. The topological polar surface area (TPSA) is 64.6 Å². The van der Waals surface area contributed by atoms with Gasteiger partial charge in [0.2, 0.25) is 5.91 Å². The zero-order valence-electron chi connectivity index (χ0n) is 14.7. The Kier molecular flexibility index (Phi) is 6.57. The quantitative estimate of drug-likeness (QED) is 0.787. The van der Waals surface area contributed by atoms with E-state index in [0.29, 0.717) is 5.75 Å². The number of methoxy groups -OCH3 is 2. The molecule has 0 bridgehead atoms. The van der Waals surface area contributed by atoms with Crippen LogP contribution >= 0.6 is 0 Å². The van der Waals surface area contributed by atoms with Gasteiger partial charge in [-0.1, -0.05) is 42.0 Å². The summed E-state index contributed by atoms with van der Waals surface area (Å²) in [5.41, 5.74) is 2.83. The van der Waals surface area contributed by atoms with Crippen molar-refractivity contribution >= 4 is 11.9 Å². The van der Waals surface area contributed by atoms with Crippen molar-refractivity contribution in [3.8, 4) is 5.75 Å². The monoisotopic (exact) mass is 341 g/mol. The maximum atomic E-state index is 12.4. The highest BCUT2D eigenvalue weighted by Gasteiger charge is 2.19. The second-order valence-electron chi connectivity index (χ2n) is 5.84. The molecule has 0 spiro atoms. The smallest absolute Gasteiger partial charge is 0.307 e. The minimum atomic E-state index is -0.425. The lowest BCUT2D eigenvalue weighted by atomic mass is 10.0. The van der Waals surface area contributed by atoms with Crippen molar-refractivity contribution in [2.75, 3.05) is 14.2 Å². The van der Waals surface area contributed by atoms with Gasteiger partial charge in [0.15, 0.2) is 0 Å². The van der Waals surface area contributed by atoms with Crippen LogP contribution in [0.1, 0.15) is 29.2 Å². The minimum Gasteiger partial charge on any atom is -0.497 e. The van der Waals surface area contributed by atoms with Crippen LogP contribution in [0.15, 0.2) is 48.5 Å². The molecule has 0 fully saturated rings. The third-order valence-corrected chi connectivity index (χ3v) is 3.91. The van der Waals surface area contributed by atoms with Crippen LogP contribution in [-0.4, -0.2) is 26.1 Å². The van der Waals surface area contributed by atoms with Crippen molar-refractivity contribution in [3.05, 3.63) is 65.2 Å². The van der Waals surface area contributed by atoms with Crippen molar-refractivity contribution in [2.24, 2.45) is 0 Å². The van der Waals surface area contributed by atoms with Crippen LogP contribution in [0.4, 0.5) is 0 Å². The van der Waals surface area contributed by atoms with Crippen LogP contribution in [0.3, 0.4) is 0 Å². The number of carbonyl (C=O) groups is 2. The first-order valence-electron chi connectivity index (χ1n) is 8.07. The highest BCUT2D eigenvalue weighted by atomic mass is 16.5. The number of aryl methyl sites for hydroxylation is 1. The van der Waals surface area contributed by atoms with E-state index in [1.54, 1.807) is 7.11 Å². The van der Waals surface area contributed by atoms with Crippen LogP contribution < -0.4 is 10.1 Å². The van der Waals surface area contributed by atoms with E-state index in [4.69, 9.17) is 9.47 Å². The Morgan fingerprint density at radius 1 is 1.08 bits per heavy atom. The zero-order chi connectivity index (χ0) is 18.2. The van der Waals surface area contributed by atoms with Crippen molar-refractivity contribution in [1.82, 2.24) is 5.32 Å². The van der Waals surface area contributed by atoms with Crippen LogP contribution in [0.25, 0.3) is 0 Å². The molecule has 0 unspecified atom stereocenters. The Balaban J connectivity index is 2.10. The molecule has 2 aromatic rings. The Morgan fingerprint density at radius 3 is 2.44 bits per heavy atom. The van der Waals surface area contributed by atoms with E-state index in [2.05, 4.69) is 5.32 Å². The summed E-state index contributed by atoms with van der Waals surface area (Å²) in [5.74, 6) is 0.171. The van der Waals surface area contributed by atoms with Gasteiger partial charge in [-0.15, -0.1) is 0 Å². The van der Waals surface area contributed by atoms with E-state index < -0.39 is 6.04 Å². The lowest BCUT2D eigenvalue weighted by molar-refractivity contribution is -0.141. The molecule has 2 rings (SSSR count). The summed E-state index contributed by atoms with van der Waals surface area (Å²) in [6.07, 6.45) is 0.296. The van der Waals surface area contributed by atoms with Crippen molar-refractivity contribution < 1.29 is 19.1 Å². The van der Waals surface area contributed by atoms with E-state index in [0.717, 1.165) is 16.7 Å². The van der Waals surface area contributed by atoms with E-state index >= 15 is 0 Å². The van der Waals surface area contributed by atoms with E-state index in [1.807, 2.05) is 55.5 Å². The number of nitrogens with one attached hydrogen (secondary N) is 1. The van der Waals surface area contributed by atoms with Crippen molar-refractivity contribution in [2.45, 2.75) is 25.8 Å². The normalized spacial score (nSPS) is 11.5. The van der Waals surface area contributed by atoms with Gasteiger partial charge in [-0.2, -0.15) is 0 Å². The molecular weight excluding hydrogens is 318 g/mol. The molecule has 25 heavy (non-hydrogen) atoms. The molecule has 0 saturated heterocycles. The Morgan fingerprint density at radius 2 is 1.80 bits per heavy atom. The van der Waals surface area contributed by atoms with Gasteiger partial charge < -0.3 is 14.8 Å². The maximum absolute atomic E-state index is 12.4. The van der Waals surface area contributed by atoms with Crippen molar-refractivity contribution in [3.63, 3.8) is 0 Å². The van der Waals surface area contributed by atoms with Crippen LogP contribution in [-0.2, 0) is 20.7 Å². The summed E-state index contributed by atoms with van der Waals surface area (Å²) >= 11 is 0. The molecule has 0 aliphatic heterocycles. The van der Waals surface area contributed by atoms with E-state index in [9.17, 15) is 9.59 Å². The lowest BCUT2D eigenvalue weighted by Gasteiger charge is -2.18. The summed E-state index contributed by atoms with van der Waals surface area (Å²) in [6, 6.07) is 14.7. The van der Waals surface area contributed by atoms with Gasteiger partial charge in [-0.25, -0.2) is 0 Å². The zero-order valence-corrected chi connectivity index (χ0v) is 14.7. The second-order valence-corrected chi connectivity index (χ2v) is 5.84. The first-order valence-corrected chi connectivity index (χ1v) is 8.07. The van der Waals surface area contributed by atoms with Crippen LogP contribution in [0.5, 0.6) is 5.75 Å². The van der Waals surface area contributed by atoms with Gasteiger partial charge in [0, 0.05) is 0 Å². The number of esters is 1. The number of hydrogen-bond acceptors (Lipinski definition) is 4. The van der Waals surface area contributed by atoms with Gasteiger partial charge >= 0.3 is 5.97 Å². The number of rotatable bonds is 7. The molecule has 1 amide bonds. The second kappa shape index (κ2) is 8.87. The molecule has 5 nitrogen and oxygen atoms in total. The van der Waals surface area contributed by atoms with Gasteiger partial charge in [-0.3, -0.25) is 9.59 Å². The summed E-state index contributed by atoms with van der Waals surface area (Å²) in [6.45, 7) is 1.99. The fourth-order valence-corrected chi connectivity index (χ4v) is 2.51. The molecule has 1 N–H and O–H groups in total. The SMILES string of the molecule is COC(=O)C[C@@H](NC(=O)Cc1cccc(OC)c1)c1ccc(C)cc1. The summed E-state index contributed by atoms with van der Waals surface area (Å²) < 4.78 is 9.92. The lowest BCUT2D eigenvalue weighted by Crippen LogP contribution is -2.31. The molecule has 0 heterocycles. The fourth-order valence-electron chi connectivity index (χ4n) is 2.51. The third kappa shape index (κ3) is 5.64. The standard InChI is InChI=1S/C20H23NO4/c1-14-7-9-16(10-8-14)18(13-20(23)25-3)21-19(22)12-15-5-4-6-17(11-15)24-2/h4-11,18H,12-13H2,1-3H3,(H,21,22)/t18-/m1/s1. The third-order valence-electron chi connectivity index (χ3n) is 3.91. The molecule has 0 aromatic heterocycles. The highest BCUT2D eigenvalue weighted by molar-refractivity contribution is 5.80. The van der Waals surface area contributed by atoms with Crippen molar-refractivity contribution in [1.29, 1.82) is 0 Å². The number of hydrogen-bond donors (Lipinski definition) is 1. The van der Waals surface area contributed by atoms with Crippen LogP contribution in [0, 0.1) is 6.92 Å². The summed E-state index contributed by atoms with van der Waals surface area (Å²) in [5, 5.41) is 2.92. The van der Waals surface area contributed by atoms with Gasteiger partial charge in [0.1, 0.15) is 5.75 Å². The first kappa shape index (κ1) is 18.5. The number of ether oxygens (including phenoxy) is 2. The number of carbonyl (C=O) groups excluding carboxylic acids is 2. The van der Waals surface area contributed by atoms with E-state index in [-0.39, 0.29) is 24.7 Å². The molecule has 132 valence electrons. The molecule has 1 atom stereocenters. The number of amides is 1. The molecule has 5 heteroatoms. The Bertz CT molecular complexity index is 725. The average Bonchev–Trinajstić information content (AvgIpc) is 2.61. The minimum absolute atomic E-state index is 0.0867. The van der Waals surface area contributed by atoms with Gasteiger partial charge in [0.25, 0.3) is 0 Å². The Labute approximate surface area is 148 Å². The number of benzene rings is 2. The highest BCUT2D eigenvalue weighted by Crippen LogP contribution is 2.19. The molecule has 0 saturated carbocycles. The van der Waals surface area contributed by atoms with E-state index in [1.165, 1.54) is 7.11 Å². The van der Waals surface area contributed by atoms with Crippen LogP contribution in [0.2, 0.25) is 0 Å². The fraction of sp³-hybridized carbons (Fsp3) is 0.300. The summed E-state index contributed by atoms with van der Waals surface area (Å²) in [4.78, 5) is 24.1. The van der Waals surface area contributed by atoms with Gasteiger partial charge in [0.05, 0.1) is 33.1 Å². The predicted octanol–water partition coefficient (Wildman–Crippen LogP) is 2.97. The first-order chi connectivity index (χ1) is 12.0. The Hall–Kier alpha value is -2.82. The maximum Gasteiger partial charge on any atom is 0.307 e. The molecule has 0 radical (unpaired) electrons. The summed E-state index contributed by atoms with van der Waals surface area (Å²) in [7, 11) is 2.93. The predicted molar refractivity (Wildman–Crippen MR) is 95.4 cm³/mol. The average molecular weight is 341 g/mol. The molecular formula is C20H23NO4. The van der Waals surface area contributed by atoms with Gasteiger partial charge in [-0.05, 0) is 30.2 Å². The molecule has 0 aliphatic rings. The molecule has 2 aromatic carbocycles.